The van der Waals surface area contributed by atoms with Crippen LogP contribution in [0.1, 0.15) is 33.1 Å². The van der Waals surface area contributed by atoms with Crippen molar-refractivity contribution in [3.8, 4) is 0 Å². The fourth-order valence-electron chi connectivity index (χ4n) is 2.29. The van der Waals surface area contributed by atoms with Crippen molar-refractivity contribution in [1.29, 1.82) is 0 Å². The van der Waals surface area contributed by atoms with Crippen LogP contribution < -0.4 is 0 Å². The van der Waals surface area contributed by atoms with E-state index < -0.39 is 0 Å². The highest BCUT2D eigenvalue weighted by Gasteiger charge is 2.28. The smallest absolute Gasteiger partial charge is 0.0589 e. The first-order chi connectivity index (χ1) is 6.65. The summed E-state index contributed by atoms with van der Waals surface area (Å²) in [5, 5.41) is 9.50. The fraction of sp³-hybridized carbons (Fsp3) is 1.00. The van der Waals surface area contributed by atoms with E-state index in [9.17, 15) is 5.11 Å². The van der Waals surface area contributed by atoms with Crippen LogP contribution in [0.2, 0.25) is 0 Å². The number of hydrogen-bond donors (Lipinski definition) is 1. The molecule has 3 nitrogen and oxygen atoms in total. The van der Waals surface area contributed by atoms with Crippen LogP contribution in [-0.4, -0.2) is 48.5 Å². The molecule has 84 valence electrons. The predicted octanol–water partition coefficient (Wildman–Crippen LogP) is 1.26. The molecule has 1 saturated carbocycles. The van der Waals surface area contributed by atoms with Crippen molar-refractivity contribution in [2.45, 2.75) is 51.3 Å². The SMILES string of the molecule is COCCN(C(C)C)C1CCC(O)C1. The van der Waals surface area contributed by atoms with Crippen molar-refractivity contribution in [2.24, 2.45) is 0 Å². The van der Waals surface area contributed by atoms with Gasteiger partial charge in [-0.25, -0.2) is 0 Å². The molecule has 2 unspecified atom stereocenters. The monoisotopic (exact) mass is 201 g/mol. The van der Waals surface area contributed by atoms with E-state index in [4.69, 9.17) is 4.74 Å². The molecule has 0 radical (unpaired) electrons. The van der Waals surface area contributed by atoms with Gasteiger partial charge < -0.3 is 9.84 Å². The zero-order valence-corrected chi connectivity index (χ0v) is 9.57. The number of aliphatic hydroxyl groups excluding tert-OH is 1. The van der Waals surface area contributed by atoms with Gasteiger partial charge in [0.15, 0.2) is 0 Å². The summed E-state index contributed by atoms with van der Waals surface area (Å²) in [4.78, 5) is 2.44. The van der Waals surface area contributed by atoms with Gasteiger partial charge in [-0.05, 0) is 33.1 Å². The topological polar surface area (TPSA) is 32.7 Å². The molecule has 0 amide bonds. The van der Waals surface area contributed by atoms with Crippen LogP contribution in [0.5, 0.6) is 0 Å². The van der Waals surface area contributed by atoms with Crippen LogP contribution in [0.25, 0.3) is 0 Å². The molecule has 0 saturated heterocycles. The number of methoxy groups -OCH3 is 1. The molecule has 14 heavy (non-hydrogen) atoms. The van der Waals surface area contributed by atoms with Gasteiger partial charge in [-0.1, -0.05) is 0 Å². The first kappa shape index (κ1) is 12.0. The molecule has 1 fully saturated rings. The lowest BCUT2D eigenvalue weighted by molar-refractivity contribution is 0.0886. The van der Waals surface area contributed by atoms with Gasteiger partial charge in [0.25, 0.3) is 0 Å². The lowest BCUT2D eigenvalue weighted by Crippen LogP contribution is -2.41. The molecule has 0 aromatic rings. The third-order valence-corrected chi connectivity index (χ3v) is 3.06. The Bertz CT molecular complexity index is 161. The van der Waals surface area contributed by atoms with Gasteiger partial charge in [-0.3, -0.25) is 4.90 Å². The Hall–Kier alpha value is -0.120. The maximum absolute atomic E-state index is 9.50. The fourth-order valence-corrected chi connectivity index (χ4v) is 2.29. The highest BCUT2D eigenvalue weighted by Crippen LogP contribution is 2.25. The lowest BCUT2D eigenvalue weighted by atomic mass is 10.1. The van der Waals surface area contributed by atoms with Gasteiger partial charge in [-0.2, -0.15) is 0 Å². The molecule has 0 heterocycles. The Morgan fingerprint density at radius 3 is 2.57 bits per heavy atom. The van der Waals surface area contributed by atoms with E-state index in [1.807, 2.05) is 0 Å². The van der Waals surface area contributed by atoms with E-state index in [1.165, 1.54) is 0 Å². The van der Waals surface area contributed by atoms with Gasteiger partial charge in [-0.15, -0.1) is 0 Å². The van der Waals surface area contributed by atoms with Gasteiger partial charge in [0, 0.05) is 25.7 Å². The molecule has 1 aliphatic carbocycles. The lowest BCUT2D eigenvalue weighted by Gasteiger charge is -2.32. The second-order valence-corrected chi connectivity index (χ2v) is 4.45. The van der Waals surface area contributed by atoms with Gasteiger partial charge in [0.2, 0.25) is 0 Å². The Labute approximate surface area is 87.1 Å². The van der Waals surface area contributed by atoms with Crippen LogP contribution >= 0.6 is 0 Å². The van der Waals surface area contributed by atoms with Crippen LogP contribution in [0.3, 0.4) is 0 Å². The van der Waals surface area contributed by atoms with E-state index in [-0.39, 0.29) is 6.10 Å². The minimum atomic E-state index is -0.0798. The molecule has 0 aromatic carbocycles. The van der Waals surface area contributed by atoms with Gasteiger partial charge >= 0.3 is 0 Å². The van der Waals surface area contributed by atoms with Crippen LogP contribution in [0, 0.1) is 0 Å². The van der Waals surface area contributed by atoms with Crippen molar-refractivity contribution < 1.29 is 9.84 Å². The first-order valence-electron chi connectivity index (χ1n) is 5.58. The van der Waals surface area contributed by atoms with Crippen molar-refractivity contribution in [3.63, 3.8) is 0 Å². The summed E-state index contributed by atoms with van der Waals surface area (Å²) in [6.45, 7) is 6.18. The molecule has 1 aliphatic rings. The third kappa shape index (κ3) is 3.23. The predicted molar refractivity (Wildman–Crippen MR) is 57.4 cm³/mol. The van der Waals surface area contributed by atoms with Crippen molar-refractivity contribution in [1.82, 2.24) is 4.90 Å². The summed E-state index contributed by atoms with van der Waals surface area (Å²) in [7, 11) is 1.74. The van der Waals surface area contributed by atoms with Gasteiger partial charge in [0.05, 0.1) is 12.7 Å². The van der Waals surface area contributed by atoms with E-state index in [0.29, 0.717) is 12.1 Å². The molecular formula is C11H23NO2. The number of hydrogen-bond acceptors (Lipinski definition) is 3. The van der Waals surface area contributed by atoms with Crippen LogP contribution in [0.4, 0.5) is 0 Å². The second kappa shape index (κ2) is 5.69. The zero-order chi connectivity index (χ0) is 10.6. The number of ether oxygens (including phenoxy) is 1. The molecule has 2 atom stereocenters. The summed E-state index contributed by atoms with van der Waals surface area (Å²) in [5.41, 5.74) is 0. The summed E-state index contributed by atoms with van der Waals surface area (Å²) in [6, 6.07) is 1.10. The van der Waals surface area contributed by atoms with E-state index in [2.05, 4.69) is 18.7 Å². The van der Waals surface area contributed by atoms with Crippen molar-refractivity contribution in [3.05, 3.63) is 0 Å². The quantitative estimate of drug-likeness (QED) is 0.727. The van der Waals surface area contributed by atoms with Crippen molar-refractivity contribution in [2.75, 3.05) is 20.3 Å². The standard InChI is InChI=1S/C11H23NO2/c1-9(2)12(6-7-14-3)10-4-5-11(13)8-10/h9-11,13H,4-8H2,1-3H3. The molecule has 1 rings (SSSR count). The summed E-state index contributed by atoms with van der Waals surface area (Å²) < 4.78 is 5.10. The van der Waals surface area contributed by atoms with Crippen LogP contribution in [0.15, 0.2) is 0 Å². The number of rotatable bonds is 5. The summed E-state index contributed by atoms with van der Waals surface area (Å²) >= 11 is 0. The molecule has 0 aliphatic heterocycles. The Morgan fingerprint density at radius 1 is 1.43 bits per heavy atom. The third-order valence-electron chi connectivity index (χ3n) is 3.06. The molecule has 0 aromatic heterocycles. The zero-order valence-electron chi connectivity index (χ0n) is 9.57. The maximum atomic E-state index is 9.50. The highest BCUT2D eigenvalue weighted by atomic mass is 16.5. The summed E-state index contributed by atoms with van der Waals surface area (Å²) in [6.07, 6.45) is 2.94. The number of nitrogens with zero attached hydrogens (tertiary/aromatic N) is 1. The highest BCUT2D eigenvalue weighted by molar-refractivity contribution is 4.84. The van der Waals surface area contributed by atoms with Crippen LogP contribution in [-0.2, 0) is 4.74 Å². The molecule has 3 heteroatoms. The Balaban J connectivity index is 2.41. The average Bonchev–Trinajstić information content (AvgIpc) is 2.52. The minimum absolute atomic E-state index is 0.0798. The Kier molecular flexibility index (Phi) is 4.85. The average molecular weight is 201 g/mol. The summed E-state index contributed by atoms with van der Waals surface area (Å²) in [5.74, 6) is 0. The normalized spacial score (nSPS) is 27.9. The molecular weight excluding hydrogens is 178 g/mol. The Morgan fingerprint density at radius 2 is 2.14 bits per heavy atom. The molecule has 1 N–H and O–H groups in total. The molecule has 0 spiro atoms. The maximum Gasteiger partial charge on any atom is 0.0589 e. The van der Waals surface area contributed by atoms with E-state index >= 15 is 0 Å². The molecule has 0 bridgehead atoms. The second-order valence-electron chi connectivity index (χ2n) is 4.45. The minimum Gasteiger partial charge on any atom is -0.393 e. The number of aliphatic hydroxyl groups is 1. The van der Waals surface area contributed by atoms with Crippen molar-refractivity contribution >= 4 is 0 Å². The first-order valence-corrected chi connectivity index (χ1v) is 5.58. The van der Waals surface area contributed by atoms with E-state index in [0.717, 1.165) is 32.4 Å². The van der Waals surface area contributed by atoms with E-state index in [1.54, 1.807) is 7.11 Å². The largest absolute Gasteiger partial charge is 0.393 e. The van der Waals surface area contributed by atoms with Gasteiger partial charge in [0.1, 0.15) is 0 Å².